The molecule has 2 heteroatoms. The number of nitrogens with one attached hydrogen (secondary N) is 1. The van der Waals surface area contributed by atoms with Crippen LogP contribution >= 0.6 is 0 Å². The lowest BCUT2D eigenvalue weighted by atomic mass is 9.86. The Morgan fingerprint density at radius 3 is 2.10 bits per heavy atom. The minimum absolute atomic E-state index is 0.424. The quantitative estimate of drug-likeness (QED) is 0.541. The first-order chi connectivity index (χ1) is 10.2. The molecule has 0 aromatic carbocycles. The van der Waals surface area contributed by atoms with Crippen LogP contribution in [0.2, 0.25) is 0 Å². The predicted octanol–water partition coefficient (Wildman–Crippen LogP) is 4.98. The van der Waals surface area contributed by atoms with Crippen LogP contribution in [-0.2, 0) is 0 Å². The van der Waals surface area contributed by atoms with Crippen LogP contribution in [0, 0.1) is 0 Å². The highest BCUT2D eigenvalue weighted by molar-refractivity contribution is 4.97. The molecule has 0 aliphatic carbocycles. The molecule has 1 aliphatic rings. The van der Waals surface area contributed by atoms with Crippen LogP contribution in [0.15, 0.2) is 0 Å². The van der Waals surface area contributed by atoms with Gasteiger partial charge in [0.05, 0.1) is 0 Å². The van der Waals surface area contributed by atoms with E-state index in [9.17, 15) is 0 Å². The highest BCUT2D eigenvalue weighted by atomic mass is 15.3. The van der Waals surface area contributed by atoms with E-state index < -0.39 is 0 Å². The van der Waals surface area contributed by atoms with Crippen LogP contribution in [0.25, 0.3) is 0 Å². The van der Waals surface area contributed by atoms with Gasteiger partial charge in [-0.1, -0.05) is 66.2 Å². The molecule has 0 saturated carbocycles. The van der Waals surface area contributed by atoms with Crippen LogP contribution in [0.5, 0.6) is 0 Å². The number of piperazine rings is 1. The van der Waals surface area contributed by atoms with Gasteiger partial charge in [-0.2, -0.15) is 0 Å². The lowest BCUT2D eigenvalue weighted by Crippen LogP contribution is -2.64. The summed E-state index contributed by atoms with van der Waals surface area (Å²) in [4.78, 5) is 2.82. The Labute approximate surface area is 134 Å². The molecule has 2 nitrogen and oxygen atoms in total. The van der Waals surface area contributed by atoms with Crippen molar-refractivity contribution in [1.82, 2.24) is 10.2 Å². The summed E-state index contributed by atoms with van der Waals surface area (Å²) in [6.45, 7) is 13.1. The standard InChI is InChI=1S/C19H40N2/c1-5-9-10-11-12-13-14-15-21-16-18(6-2)20-17-19(21,7-3)8-4/h18,20H,5-17H2,1-4H3. The summed E-state index contributed by atoms with van der Waals surface area (Å²) in [6.07, 6.45) is 13.7. The topological polar surface area (TPSA) is 15.3 Å². The molecule has 1 heterocycles. The average molecular weight is 297 g/mol. The third-order valence-electron chi connectivity index (χ3n) is 5.67. The van der Waals surface area contributed by atoms with E-state index in [2.05, 4.69) is 37.9 Å². The van der Waals surface area contributed by atoms with Crippen molar-refractivity contribution in [2.24, 2.45) is 0 Å². The molecule has 1 unspecified atom stereocenters. The monoisotopic (exact) mass is 296 g/mol. The van der Waals surface area contributed by atoms with E-state index in [0.29, 0.717) is 11.6 Å². The maximum atomic E-state index is 3.77. The fourth-order valence-electron chi connectivity index (χ4n) is 3.78. The van der Waals surface area contributed by atoms with Crippen molar-refractivity contribution in [2.75, 3.05) is 19.6 Å². The minimum Gasteiger partial charge on any atom is -0.311 e. The van der Waals surface area contributed by atoms with Crippen molar-refractivity contribution in [2.45, 2.75) is 103 Å². The second-order valence-electron chi connectivity index (χ2n) is 6.98. The van der Waals surface area contributed by atoms with Gasteiger partial charge >= 0.3 is 0 Å². The van der Waals surface area contributed by atoms with Crippen LogP contribution in [0.1, 0.15) is 91.9 Å². The number of rotatable bonds is 11. The number of hydrogen-bond donors (Lipinski definition) is 1. The minimum atomic E-state index is 0.424. The third-order valence-corrected chi connectivity index (χ3v) is 5.67. The zero-order valence-electron chi connectivity index (χ0n) is 15.2. The summed E-state index contributed by atoms with van der Waals surface area (Å²) in [5.41, 5.74) is 0.424. The zero-order valence-corrected chi connectivity index (χ0v) is 15.2. The first-order valence-electron chi connectivity index (χ1n) is 9.70. The smallest absolute Gasteiger partial charge is 0.0329 e. The first-order valence-corrected chi connectivity index (χ1v) is 9.70. The highest BCUT2D eigenvalue weighted by Gasteiger charge is 2.37. The maximum absolute atomic E-state index is 3.77. The normalized spacial score (nSPS) is 22.6. The van der Waals surface area contributed by atoms with Gasteiger partial charge in [-0.3, -0.25) is 4.90 Å². The predicted molar refractivity (Wildman–Crippen MR) is 95.0 cm³/mol. The molecule has 1 fully saturated rings. The molecule has 0 aromatic heterocycles. The van der Waals surface area contributed by atoms with Crippen LogP contribution < -0.4 is 5.32 Å². The van der Waals surface area contributed by atoms with E-state index in [1.807, 2.05) is 0 Å². The molecule has 1 saturated heterocycles. The summed E-state index contributed by atoms with van der Waals surface area (Å²) < 4.78 is 0. The van der Waals surface area contributed by atoms with Crippen molar-refractivity contribution in [3.63, 3.8) is 0 Å². The van der Waals surface area contributed by atoms with Gasteiger partial charge in [-0.05, 0) is 32.2 Å². The van der Waals surface area contributed by atoms with E-state index in [4.69, 9.17) is 0 Å². The molecule has 1 rings (SSSR count). The summed E-state index contributed by atoms with van der Waals surface area (Å²) in [5.74, 6) is 0. The molecule has 0 radical (unpaired) electrons. The molecule has 1 N–H and O–H groups in total. The van der Waals surface area contributed by atoms with E-state index >= 15 is 0 Å². The van der Waals surface area contributed by atoms with Crippen molar-refractivity contribution in [3.8, 4) is 0 Å². The third kappa shape index (κ3) is 5.90. The van der Waals surface area contributed by atoms with E-state index in [0.717, 1.165) is 0 Å². The van der Waals surface area contributed by atoms with E-state index in [1.54, 1.807) is 0 Å². The van der Waals surface area contributed by atoms with Crippen LogP contribution in [0.4, 0.5) is 0 Å². The fraction of sp³-hybridized carbons (Fsp3) is 1.00. The Kier molecular flexibility index (Phi) is 9.59. The molecule has 1 aliphatic heterocycles. The van der Waals surface area contributed by atoms with Gasteiger partial charge in [-0.25, -0.2) is 0 Å². The Bertz CT molecular complexity index is 248. The van der Waals surface area contributed by atoms with Gasteiger partial charge in [0.25, 0.3) is 0 Å². The fourth-order valence-corrected chi connectivity index (χ4v) is 3.78. The molecular formula is C19H40N2. The number of nitrogens with zero attached hydrogens (tertiary/aromatic N) is 1. The lowest BCUT2D eigenvalue weighted by molar-refractivity contribution is 0.0294. The highest BCUT2D eigenvalue weighted by Crippen LogP contribution is 2.28. The van der Waals surface area contributed by atoms with Gasteiger partial charge in [0.15, 0.2) is 0 Å². The molecule has 1 atom stereocenters. The Morgan fingerprint density at radius 1 is 0.905 bits per heavy atom. The van der Waals surface area contributed by atoms with Crippen molar-refractivity contribution < 1.29 is 0 Å². The Balaban J connectivity index is 2.33. The number of hydrogen-bond acceptors (Lipinski definition) is 2. The van der Waals surface area contributed by atoms with Gasteiger partial charge in [0.2, 0.25) is 0 Å². The molecule has 0 amide bonds. The average Bonchev–Trinajstić information content (AvgIpc) is 2.54. The molecular weight excluding hydrogens is 256 g/mol. The second-order valence-corrected chi connectivity index (χ2v) is 6.98. The van der Waals surface area contributed by atoms with Gasteiger partial charge in [0, 0.05) is 24.7 Å². The SMILES string of the molecule is CCCCCCCCCN1CC(CC)NCC1(CC)CC. The summed E-state index contributed by atoms with van der Waals surface area (Å²) in [7, 11) is 0. The number of unbranched alkanes of at least 4 members (excludes halogenated alkanes) is 6. The maximum Gasteiger partial charge on any atom is 0.0329 e. The zero-order chi connectivity index (χ0) is 15.6. The van der Waals surface area contributed by atoms with Crippen LogP contribution in [0.3, 0.4) is 0 Å². The summed E-state index contributed by atoms with van der Waals surface area (Å²) >= 11 is 0. The van der Waals surface area contributed by atoms with Crippen molar-refractivity contribution >= 4 is 0 Å². The first kappa shape index (κ1) is 19.0. The lowest BCUT2D eigenvalue weighted by Gasteiger charge is -2.50. The Morgan fingerprint density at radius 2 is 1.52 bits per heavy atom. The van der Waals surface area contributed by atoms with Gasteiger partial charge < -0.3 is 5.32 Å². The molecule has 126 valence electrons. The molecule has 0 bridgehead atoms. The largest absolute Gasteiger partial charge is 0.311 e. The van der Waals surface area contributed by atoms with Crippen molar-refractivity contribution in [3.05, 3.63) is 0 Å². The summed E-state index contributed by atoms with van der Waals surface area (Å²) in [6, 6.07) is 0.709. The van der Waals surface area contributed by atoms with E-state index in [-0.39, 0.29) is 0 Å². The van der Waals surface area contributed by atoms with E-state index in [1.165, 1.54) is 83.8 Å². The van der Waals surface area contributed by atoms with Crippen molar-refractivity contribution in [1.29, 1.82) is 0 Å². The Hall–Kier alpha value is -0.0800. The molecule has 0 aromatic rings. The molecule has 21 heavy (non-hydrogen) atoms. The van der Waals surface area contributed by atoms with Crippen LogP contribution in [-0.4, -0.2) is 36.1 Å². The van der Waals surface area contributed by atoms with Gasteiger partial charge in [-0.15, -0.1) is 0 Å². The second kappa shape index (κ2) is 10.6. The summed E-state index contributed by atoms with van der Waals surface area (Å²) in [5, 5.41) is 3.77. The van der Waals surface area contributed by atoms with Gasteiger partial charge in [0.1, 0.15) is 0 Å². The molecule has 0 spiro atoms.